The molecule has 1 heterocycles. The van der Waals surface area contributed by atoms with E-state index in [1.54, 1.807) is 37.1 Å². The van der Waals surface area contributed by atoms with Crippen molar-refractivity contribution in [1.29, 1.82) is 0 Å². The summed E-state index contributed by atoms with van der Waals surface area (Å²) in [4.78, 5) is 14.4. The zero-order valence-electron chi connectivity index (χ0n) is 20.3. The largest absolute Gasteiger partial charge is 0.487 e. The third-order valence-corrected chi connectivity index (χ3v) is 8.90. The van der Waals surface area contributed by atoms with Crippen LogP contribution >= 0.6 is 0 Å². The summed E-state index contributed by atoms with van der Waals surface area (Å²) in [6, 6.07) is 12.5. The lowest BCUT2D eigenvalue weighted by molar-refractivity contribution is -0.132. The topological polar surface area (TPSA) is 87.2 Å². The molecule has 4 rings (SSSR count). The molecule has 1 saturated carbocycles. The predicted octanol–water partition coefficient (Wildman–Crippen LogP) is 3.30. The zero-order chi connectivity index (χ0) is 24.6. The minimum absolute atomic E-state index is 0.0817. The van der Waals surface area contributed by atoms with E-state index in [2.05, 4.69) is 0 Å². The van der Waals surface area contributed by atoms with E-state index in [0.29, 0.717) is 6.54 Å². The lowest BCUT2D eigenvalue weighted by atomic mass is 10.00. The second-order valence-corrected chi connectivity index (χ2v) is 11.6. The standard InChI is InChI=1S/C26H34N2O5S/c1-17-7-5-6-8-22(17)21-11-12-25-23(13-21)33-24(15-27(4)26(30)20-9-10-20)18(2)14-28(19(3)16-29)34(25,31)32/h5-8,11-13,18-20,24,29H,9-10,14-16H2,1-4H3/t18-,19-,24+/m1/s1. The number of aryl methyl sites for hydroxylation is 1. The molecule has 34 heavy (non-hydrogen) atoms. The number of sulfonamides is 1. The predicted molar refractivity (Wildman–Crippen MR) is 131 cm³/mol. The van der Waals surface area contributed by atoms with Crippen molar-refractivity contribution in [3.8, 4) is 16.9 Å². The Morgan fingerprint density at radius 1 is 1.24 bits per heavy atom. The van der Waals surface area contributed by atoms with Gasteiger partial charge in [0, 0.05) is 31.5 Å². The molecule has 2 aromatic carbocycles. The fraction of sp³-hybridized carbons (Fsp3) is 0.500. The molecule has 1 amide bonds. The Hall–Kier alpha value is -2.42. The number of amides is 1. The third kappa shape index (κ3) is 4.85. The van der Waals surface area contributed by atoms with E-state index in [4.69, 9.17) is 4.74 Å². The summed E-state index contributed by atoms with van der Waals surface area (Å²) in [5, 5.41) is 9.80. The molecule has 184 valence electrons. The molecule has 1 N–H and O–H groups in total. The highest BCUT2D eigenvalue weighted by Crippen LogP contribution is 2.37. The van der Waals surface area contributed by atoms with E-state index >= 15 is 0 Å². The number of ether oxygens (including phenoxy) is 1. The van der Waals surface area contributed by atoms with E-state index in [1.165, 1.54) is 4.31 Å². The van der Waals surface area contributed by atoms with Gasteiger partial charge >= 0.3 is 0 Å². The van der Waals surface area contributed by atoms with Crippen LogP contribution in [0.2, 0.25) is 0 Å². The van der Waals surface area contributed by atoms with Gasteiger partial charge in [0.15, 0.2) is 0 Å². The van der Waals surface area contributed by atoms with Gasteiger partial charge in [-0.3, -0.25) is 4.79 Å². The molecule has 1 fully saturated rings. The molecule has 0 spiro atoms. The second kappa shape index (κ2) is 9.68. The number of hydrogen-bond donors (Lipinski definition) is 1. The number of carbonyl (C=O) groups excluding carboxylic acids is 1. The monoisotopic (exact) mass is 486 g/mol. The van der Waals surface area contributed by atoms with Crippen LogP contribution in [-0.4, -0.2) is 67.5 Å². The molecule has 0 bridgehead atoms. The van der Waals surface area contributed by atoms with E-state index in [1.807, 2.05) is 38.1 Å². The van der Waals surface area contributed by atoms with E-state index in [-0.39, 0.29) is 41.5 Å². The van der Waals surface area contributed by atoms with Gasteiger partial charge in [0.2, 0.25) is 15.9 Å². The van der Waals surface area contributed by atoms with Gasteiger partial charge in [0.05, 0.1) is 13.2 Å². The highest BCUT2D eigenvalue weighted by molar-refractivity contribution is 7.89. The summed E-state index contributed by atoms with van der Waals surface area (Å²) in [6.07, 6.45) is 1.45. The highest BCUT2D eigenvalue weighted by Gasteiger charge is 2.39. The summed E-state index contributed by atoms with van der Waals surface area (Å²) < 4.78 is 35.1. The number of fused-ring (bicyclic) bond motifs is 1. The van der Waals surface area contributed by atoms with Crippen LogP contribution in [0, 0.1) is 18.8 Å². The normalized spacial score (nSPS) is 23.2. The van der Waals surface area contributed by atoms with Crippen molar-refractivity contribution in [2.75, 3.05) is 26.7 Å². The molecule has 8 heteroatoms. The van der Waals surface area contributed by atoms with Crippen molar-refractivity contribution in [2.45, 2.75) is 50.7 Å². The van der Waals surface area contributed by atoms with E-state index in [9.17, 15) is 18.3 Å². The fourth-order valence-electron chi connectivity index (χ4n) is 4.51. The molecule has 2 aromatic rings. The molecular formula is C26H34N2O5S. The number of aliphatic hydroxyl groups excluding tert-OH is 1. The van der Waals surface area contributed by atoms with Gasteiger partial charge in [-0.15, -0.1) is 0 Å². The molecule has 2 aliphatic rings. The number of benzene rings is 2. The quantitative estimate of drug-likeness (QED) is 0.677. The van der Waals surface area contributed by atoms with Crippen molar-refractivity contribution < 1.29 is 23.1 Å². The Morgan fingerprint density at radius 3 is 2.59 bits per heavy atom. The number of rotatable bonds is 6. The van der Waals surface area contributed by atoms with Crippen LogP contribution in [0.15, 0.2) is 47.4 Å². The van der Waals surface area contributed by atoms with Gasteiger partial charge in [0.25, 0.3) is 0 Å². The molecule has 1 aliphatic heterocycles. The minimum atomic E-state index is -3.90. The van der Waals surface area contributed by atoms with Crippen LogP contribution in [0.3, 0.4) is 0 Å². The number of carbonyl (C=O) groups is 1. The molecule has 0 radical (unpaired) electrons. The number of likely N-dealkylation sites (N-methyl/N-ethyl adjacent to an activating group) is 1. The summed E-state index contributed by atoms with van der Waals surface area (Å²) >= 11 is 0. The van der Waals surface area contributed by atoms with Crippen LogP contribution < -0.4 is 4.74 Å². The first kappa shape index (κ1) is 24.7. The van der Waals surface area contributed by atoms with Crippen molar-refractivity contribution in [3.05, 3.63) is 48.0 Å². The van der Waals surface area contributed by atoms with Crippen LogP contribution in [-0.2, 0) is 14.8 Å². The summed E-state index contributed by atoms with van der Waals surface area (Å²) in [7, 11) is -2.12. The summed E-state index contributed by atoms with van der Waals surface area (Å²) in [5.41, 5.74) is 2.94. The fourth-order valence-corrected chi connectivity index (χ4v) is 6.34. The number of nitrogens with zero attached hydrogens (tertiary/aromatic N) is 2. The third-order valence-electron chi connectivity index (χ3n) is 6.88. The Kier molecular flexibility index (Phi) is 7.03. The molecular weight excluding hydrogens is 452 g/mol. The minimum Gasteiger partial charge on any atom is -0.487 e. The highest BCUT2D eigenvalue weighted by atomic mass is 32.2. The Morgan fingerprint density at radius 2 is 1.94 bits per heavy atom. The van der Waals surface area contributed by atoms with E-state index in [0.717, 1.165) is 29.5 Å². The molecule has 0 saturated heterocycles. The molecule has 0 unspecified atom stereocenters. The lowest BCUT2D eigenvalue weighted by Gasteiger charge is -2.37. The van der Waals surface area contributed by atoms with Crippen molar-refractivity contribution in [1.82, 2.24) is 9.21 Å². The van der Waals surface area contributed by atoms with E-state index < -0.39 is 22.2 Å². The van der Waals surface area contributed by atoms with Crippen molar-refractivity contribution in [2.24, 2.45) is 11.8 Å². The molecule has 1 aliphatic carbocycles. The van der Waals surface area contributed by atoms with Gasteiger partial charge in [-0.1, -0.05) is 37.3 Å². The average Bonchev–Trinajstić information content (AvgIpc) is 3.66. The molecule has 0 aromatic heterocycles. The van der Waals surface area contributed by atoms with Gasteiger partial charge in [-0.05, 0) is 55.5 Å². The maximum absolute atomic E-state index is 13.6. The SMILES string of the molecule is Cc1ccccc1-c1ccc2c(c1)O[C@@H](CN(C)C(=O)C1CC1)[C@H](C)CN([C@H](C)CO)S2(=O)=O. The van der Waals surface area contributed by atoms with Gasteiger partial charge in [0.1, 0.15) is 16.7 Å². The summed E-state index contributed by atoms with van der Waals surface area (Å²) in [5.74, 6) is 0.285. The van der Waals surface area contributed by atoms with Crippen LogP contribution in [0.5, 0.6) is 5.75 Å². The van der Waals surface area contributed by atoms with Crippen molar-refractivity contribution in [3.63, 3.8) is 0 Å². The van der Waals surface area contributed by atoms with Crippen LogP contribution in [0.4, 0.5) is 0 Å². The molecule has 3 atom stereocenters. The smallest absolute Gasteiger partial charge is 0.247 e. The Labute approximate surface area is 202 Å². The van der Waals surface area contributed by atoms with Crippen LogP contribution in [0.1, 0.15) is 32.3 Å². The maximum atomic E-state index is 13.6. The maximum Gasteiger partial charge on any atom is 0.247 e. The van der Waals surface area contributed by atoms with Gasteiger partial charge in [-0.2, -0.15) is 4.31 Å². The second-order valence-electron chi connectivity index (χ2n) is 9.71. The first-order valence-corrected chi connectivity index (χ1v) is 13.3. The van der Waals surface area contributed by atoms with Gasteiger partial charge in [-0.25, -0.2) is 8.42 Å². The summed E-state index contributed by atoms with van der Waals surface area (Å²) in [6.45, 7) is 5.92. The average molecular weight is 487 g/mol. The number of hydrogen-bond acceptors (Lipinski definition) is 5. The Bertz CT molecular complexity index is 1160. The zero-order valence-corrected chi connectivity index (χ0v) is 21.1. The first-order chi connectivity index (χ1) is 16.1. The lowest BCUT2D eigenvalue weighted by Crippen LogP contribution is -2.50. The van der Waals surface area contributed by atoms with Crippen molar-refractivity contribution >= 4 is 15.9 Å². The number of aliphatic hydroxyl groups is 1. The van der Waals surface area contributed by atoms with Gasteiger partial charge < -0.3 is 14.7 Å². The first-order valence-electron chi connectivity index (χ1n) is 11.9. The molecule has 7 nitrogen and oxygen atoms in total. The Balaban J connectivity index is 1.78. The van der Waals surface area contributed by atoms with Crippen LogP contribution in [0.25, 0.3) is 11.1 Å².